The molecule has 0 N–H and O–H groups in total. The largest absolute Gasteiger partial charge is 0.369 e. The zero-order valence-electron chi connectivity index (χ0n) is 20.1. The van der Waals surface area contributed by atoms with E-state index in [9.17, 15) is 0 Å². The summed E-state index contributed by atoms with van der Waals surface area (Å²) in [6.07, 6.45) is 25.6. The number of nitrogens with zero attached hydrogens (tertiary/aromatic N) is 1. The molecule has 1 nitrogen and oxygen atoms in total. The molecule has 4 aliphatic rings. The highest BCUT2D eigenvalue weighted by molar-refractivity contribution is 5.15. The van der Waals surface area contributed by atoms with E-state index < -0.39 is 0 Å². The smallest absolute Gasteiger partial charge is 0.0353 e. The molecule has 3 unspecified atom stereocenters. The van der Waals surface area contributed by atoms with E-state index >= 15 is 0 Å². The van der Waals surface area contributed by atoms with E-state index in [1.165, 1.54) is 83.5 Å². The molecule has 2 saturated carbocycles. The van der Waals surface area contributed by atoms with Crippen LogP contribution in [0.3, 0.4) is 0 Å². The highest BCUT2D eigenvalue weighted by Gasteiger charge is 2.37. The van der Waals surface area contributed by atoms with E-state index in [1.54, 1.807) is 11.3 Å². The maximum atomic E-state index is 4.04. The number of rotatable bonds is 5. The van der Waals surface area contributed by atoms with Crippen molar-refractivity contribution in [3.63, 3.8) is 0 Å². The topological polar surface area (TPSA) is 3.24 Å². The summed E-state index contributed by atoms with van der Waals surface area (Å²) in [7, 11) is 0. The van der Waals surface area contributed by atoms with Gasteiger partial charge in [-0.1, -0.05) is 37.6 Å². The van der Waals surface area contributed by atoms with Crippen LogP contribution in [0.1, 0.15) is 104 Å². The second-order valence-electron chi connectivity index (χ2n) is 11.4. The molecule has 0 spiro atoms. The van der Waals surface area contributed by atoms with Gasteiger partial charge in [-0.2, -0.15) is 0 Å². The molecule has 0 bridgehead atoms. The van der Waals surface area contributed by atoms with Crippen LogP contribution in [0, 0.1) is 29.6 Å². The van der Waals surface area contributed by atoms with Crippen molar-refractivity contribution in [1.82, 2.24) is 4.90 Å². The number of hydrogen-bond donors (Lipinski definition) is 0. The Morgan fingerprint density at radius 3 is 2.10 bits per heavy atom. The Hall–Kier alpha value is -0.980. The van der Waals surface area contributed by atoms with Crippen molar-refractivity contribution in [3.05, 3.63) is 36.1 Å². The molecule has 2 fully saturated rings. The molecule has 0 amide bonds. The lowest BCUT2D eigenvalue weighted by Gasteiger charge is -2.49. The van der Waals surface area contributed by atoms with Crippen LogP contribution in [0.15, 0.2) is 36.1 Å². The Kier molecular flexibility index (Phi) is 7.48. The molecule has 4 rings (SSSR count). The van der Waals surface area contributed by atoms with E-state index in [-0.39, 0.29) is 0 Å². The molecule has 4 aliphatic carbocycles. The zero-order valence-corrected chi connectivity index (χ0v) is 20.1. The van der Waals surface area contributed by atoms with Crippen LogP contribution in [-0.4, -0.2) is 17.0 Å². The Bertz CT molecular complexity index is 627. The first-order chi connectivity index (χ1) is 14.5. The molecule has 0 saturated heterocycles. The van der Waals surface area contributed by atoms with E-state index in [0.717, 1.165) is 35.8 Å². The molecule has 0 aliphatic heterocycles. The molecule has 3 atom stereocenters. The molecule has 0 aromatic carbocycles. The van der Waals surface area contributed by atoms with Crippen LogP contribution in [0.5, 0.6) is 0 Å². The molecule has 30 heavy (non-hydrogen) atoms. The number of allylic oxidation sites excluding steroid dienone is 4. The molecule has 1 heteroatoms. The van der Waals surface area contributed by atoms with Gasteiger partial charge in [-0.05, 0) is 120 Å². The standard InChI is InChI=1S/C29H47N/c1-5-24-9-11-25(12-10-24)26-13-17-28(18-14-26)30(27-15-6-21(2)7-16-27)29-19-8-22(3)20-23(29)4/h5,15,20-21,23-26,28-29H,1,6-14,16-19H2,2-4H3. The Morgan fingerprint density at radius 2 is 1.53 bits per heavy atom. The minimum Gasteiger partial charge on any atom is -0.369 e. The van der Waals surface area contributed by atoms with Crippen LogP contribution >= 0.6 is 0 Å². The van der Waals surface area contributed by atoms with E-state index in [0.29, 0.717) is 5.92 Å². The monoisotopic (exact) mass is 409 g/mol. The summed E-state index contributed by atoms with van der Waals surface area (Å²) in [6.45, 7) is 11.3. The van der Waals surface area contributed by atoms with Gasteiger partial charge in [0.15, 0.2) is 0 Å². The van der Waals surface area contributed by atoms with Crippen molar-refractivity contribution in [1.29, 1.82) is 0 Å². The lowest BCUT2D eigenvalue weighted by molar-refractivity contribution is 0.0742. The van der Waals surface area contributed by atoms with Crippen LogP contribution in [0.4, 0.5) is 0 Å². The fourth-order valence-electron chi connectivity index (χ4n) is 7.28. The first-order valence-corrected chi connectivity index (χ1v) is 13.3. The Morgan fingerprint density at radius 1 is 0.867 bits per heavy atom. The molecule has 168 valence electrons. The number of hydrogen-bond acceptors (Lipinski definition) is 1. The minimum absolute atomic E-state index is 0.700. The van der Waals surface area contributed by atoms with Gasteiger partial charge in [0.1, 0.15) is 0 Å². The normalized spacial score (nSPS) is 40.3. The van der Waals surface area contributed by atoms with Gasteiger partial charge in [-0.3, -0.25) is 0 Å². The molecule has 0 aromatic rings. The van der Waals surface area contributed by atoms with E-state index in [2.05, 4.69) is 50.5 Å². The van der Waals surface area contributed by atoms with Crippen molar-refractivity contribution >= 4 is 0 Å². The molecule has 0 heterocycles. The third kappa shape index (κ3) is 5.08. The summed E-state index contributed by atoms with van der Waals surface area (Å²) in [5.74, 6) is 4.39. The van der Waals surface area contributed by atoms with Crippen molar-refractivity contribution in [3.8, 4) is 0 Å². The van der Waals surface area contributed by atoms with Crippen molar-refractivity contribution < 1.29 is 0 Å². The fraction of sp³-hybridized carbons (Fsp3) is 0.793. The average molecular weight is 410 g/mol. The van der Waals surface area contributed by atoms with E-state index in [1.807, 2.05) is 0 Å². The highest BCUT2D eigenvalue weighted by atomic mass is 15.2. The van der Waals surface area contributed by atoms with Crippen LogP contribution in [-0.2, 0) is 0 Å². The highest BCUT2D eigenvalue weighted by Crippen LogP contribution is 2.44. The lowest BCUT2D eigenvalue weighted by Crippen LogP contribution is -2.48. The van der Waals surface area contributed by atoms with Gasteiger partial charge in [0.05, 0.1) is 0 Å². The maximum absolute atomic E-state index is 4.04. The lowest BCUT2D eigenvalue weighted by atomic mass is 9.69. The predicted molar refractivity (Wildman–Crippen MR) is 130 cm³/mol. The van der Waals surface area contributed by atoms with Gasteiger partial charge in [-0.15, -0.1) is 6.58 Å². The SMILES string of the molecule is C=CC1CCC(C2CCC(N(C3=CCC(C)CC3)C3CCC(C)=CC3C)CC2)CC1. The second kappa shape index (κ2) is 10.1. The molecular weight excluding hydrogens is 362 g/mol. The summed E-state index contributed by atoms with van der Waals surface area (Å²) in [5.41, 5.74) is 3.33. The van der Waals surface area contributed by atoms with Crippen molar-refractivity contribution in [2.24, 2.45) is 29.6 Å². The summed E-state index contributed by atoms with van der Waals surface area (Å²) >= 11 is 0. The minimum atomic E-state index is 0.700. The van der Waals surface area contributed by atoms with Gasteiger partial charge in [0, 0.05) is 17.8 Å². The average Bonchev–Trinajstić information content (AvgIpc) is 2.77. The molecule has 0 aromatic heterocycles. The van der Waals surface area contributed by atoms with Gasteiger partial charge in [-0.25, -0.2) is 0 Å². The van der Waals surface area contributed by atoms with Crippen LogP contribution in [0.2, 0.25) is 0 Å². The third-order valence-corrected chi connectivity index (χ3v) is 9.28. The second-order valence-corrected chi connectivity index (χ2v) is 11.4. The maximum Gasteiger partial charge on any atom is 0.0353 e. The molecule has 0 radical (unpaired) electrons. The zero-order chi connectivity index (χ0) is 21.1. The van der Waals surface area contributed by atoms with Gasteiger partial charge in [0.25, 0.3) is 0 Å². The Labute approximate surface area is 187 Å². The van der Waals surface area contributed by atoms with Gasteiger partial charge < -0.3 is 4.90 Å². The fourth-order valence-corrected chi connectivity index (χ4v) is 7.28. The van der Waals surface area contributed by atoms with Gasteiger partial charge >= 0.3 is 0 Å². The first-order valence-electron chi connectivity index (χ1n) is 13.3. The summed E-state index contributed by atoms with van der Waals surface area (Å²) < 4.78 is 0. The first kappa shape index (κ1) is 22.2. The van der Waals surface area contributed by atoms with Gasteiger partial charge in [0.2, 0.25) is 0 Å². The summed E-state index contributed by atoms with van der Waals surface area (Å²) in [4.78, 5) is 2.99. The van der Waals surface area contributed by atoms with E-state index in [4.69, 9.17) is 0 Å². The third-order valence-electron chi connectivity index (χ3n) is 9.28. The predicted octanol–water partition coefficient (Wildman–Crippen LogP) is 8.29. The van der Waals surface area contributed by atoms with Crippen molar-refractivity contribution in [2.45, 2.75) is 116 Å². The molecular formula is C29H47N. The summed E-state index contributed by atoms with van der Waals surface area (Å²) in [5, 5.41) is 0. The van der Waals surface area contributed by atoms with Crippen LogP contribution < -0.4 is 0 Å². The van der Waals surface area contributed by atoms with Crippen LogP contribution in [0.25, 0.3) is 0 Å². The summed E-state index contributed by atoms with van der Waals surface area (Å²) in [6, 6.07) is 1.53. The Balaban J connectivity index is 1.42. The quantitative estimate of drug-likeness (QED) is 0.413. The van der Waals surface area contributed by atoms with Crippen molar-refractivity contribution in [2.75, 3.05) is 0 Å².